The molecule has 5 rings (SSSR count). The molecule has 4 heterocycles. The molecule has 1 aromatic heterocycles. The van der Waals surface area contributed by atoms with Crippen LogP contribution in [0.1, 0.15) is 24.8 Å². The summed E-state index contributed by atoms with van der Waals surface area (Å²) in [6.45, 7) is 3.78. The lowest BCUT2D eigenvalue weighted by Crippen LogP contribution is -2.38. The van der Waals surface area contributed by atoms with Crippen molar-refractivity contribution in [1.82, 2.24) is 9.88 Å². The largest absolute Gasteiger partial charge is 0.490 e. The molecule has 2 saturated heterocycles. The molecule has 0 radical (unpaired) electrons. The fourth-order valence-electron chi connectivity index (χ4n) is 4.79. The number of hydrogen-bond acceptors (Lipinski definition) is 8. The summed E-state index contributed by atoms with van der Waals surface area (Å²) in [4.78, 5) is 21.1. The summed E-state index contributed by atoms with van der Waals surface area (Å²) < 4.78 is 22.7. The van der Waals surface area contributed by atoms with Gasteiger partial charge < -0.3 is 28.7 Å². The molecule has 3 aliphatic heterocycles. The second-order valence-corrected chi connectivity index (χ2v) is 8.69. The van der Waals surface area contributed by atoms with Gasteiger partial charge in [-0.3, -0.25) is 4.79 Å². The van der Waals surface area contributed by atoms with Crippen LogP contribution < -0.4 is 19.1 Å². The molecule has 0 saturated carbocycles. The van der Waals surface area contributed by atoms with Crippen molar-refractivity contribution in [1.29, 1.82) is 5.26 Å². The van der Waals surface area contributed by atoms with Gasteiger partial charge in [-0.25, -0.2) is 4.98 Å². The summed E-state index contributed by atoms with van der Waals surface area (Å²) >= 11 is 0. The number of benzene rings is 1. The highest BCUT2D eigenvalue weighted by molar-refractivity contribution is 5.79. The Morgan fingerprint density at radius 2 is 2.03 bits per heavy atom. The lowest BCUT2D eigenvalue weighted by Gasteiger charge is -2.31. The maximum atomic E-state index is 12.8. The third-order valence-electron chi connectivity index (χ3n) is 6.59. The average molecular weight is 465 g/mol. The molecule has 0 bridgehead atoms. The first-order valence-electron chi connectivity index (χ1n) is 11.7. The number of pyridine rings is 1. The maximum Gasteiger partial charge on any atom is 0.231 e. The van der Waals surface area contributed by atoms with Crippen molar-refractivity contribution >= 4 is 17.3 Å². The first-order valence-corrected chi connectivity index (χ1v) is 11.7. The minimum Gasteiger partial charge on any atom is -0.490 e. The van der Waals surface area contributed by atoms with E-state index in [-0.39, 0.29) is 17.9 Å². The van der Waals surface area contributed by atoms with Crippen LogP contribution in [0.25, 0.3) is 0 Å². The molecule has 0 spiro atoms. The predicted molar refractivity (Wildman–Crippen MR) is 124 cm³/mol. The van der Waals surface area contributed by atoms with E-state index in [9.17, 15) is 10.1 Å². The number of carbonyl (C=O) groups is 1. The number of rotatable bonds is 5. The van der Waals surface area contributed by atoms with Crippen LogP contribution in [0.5, 0.6) is 17.4 Å². The second-order valence-electron chi connectivity index (χ2n) is 8.69. The molecule has 178 valence electrons. The van der Waals surface area contributed by atoms with Crippen molar-refractivity contribution in [2.24, 2.45) is 5.92 Å². The summed E-state index contributed by atoms with van der Waals surface area (Å²) in [6.07, 6.45) is 4.05. The lowest BCUT2D eigenvalue weighted by molar-refractivity contribution is -0.137. The molecular formula is C25H28N4O5. The number of aromatic nitrogens is 1. The molecule has 3 aliphatic rings. The van der Waals surface area contributed by atoms with Crippen LogP contribution in [0.3, 0.4) is 0 Å². The average Bonchev–Trinajstić information content (AvgIpc) is 3.36. The van der Waals surface area contributed by atoms with Gasteiger partial charge in [0.05, 0.1) is 37.8 Å². The molecule has 2 fully saturated rings. The van der Waals surface area contributed by atoms with Gasteiger partial charge in [0.2, 0.25) is 11.8 Å². The third kappa shape index (κ3) is 4.46. The molecular weight excluding hydrogens is 436 g/mol. The molecule has 1 atom stereocenters. The Bertz CT molecular complexity index is 1100. The van der Waals surface area contributed by atoms with E-state index < -0.39 is 0 Å². The maximum absolute atomic E-state index is 12.8. The van der Waals surface area contributed by atoms with E-state index in [0.717, 1.165) is 48.7 Å². The predicted octanol–water partition coefficient (Wildman–Crippen LogP) is 2.90. The summed E-state index contributed by atoms with van der Waals surface area (Å²) in [7, 11) is 1.50. The molecule has 9 heteroatoms. The minimum atomic E-state index is -0.0485. The Labute approximate surface area is 198 Å². The zero-order valence-corrected chi connectivity index (χ0v) is 19.2. The Hall–Kier alpha value is -3.51. The normalized spacial score (nSPS) is 20.3. The molecule has 2 aromatic rings. The highest BCUT2D eigenvalue weighted by Crippen LogP contribution is 2.40. The SMILES string of the molecule is COc1ncc(N2CCOc3ccc(OC4CCN(C(=O)C5CCOCC5)C4)cc32)cc1C#N. The summed E-state index contributed by atoms with van der Waals surface area (Å²) in [5.41, 5.74) is 2.02. The Kier molecular flexibility index (Phi) is 6.41. The van der Waals surface area contributed by atoms with Gasteiger partial charge in [-0.05, 0) is 31.0 Å². The first-order chi connectivity index (χ1) is 16.7. The van der Waals surface area contributed by atoms with E-state index in [1.807, 2.05) is 23.1 Å². The number of nitriles is 1. The lowest BCUT2D eigenvalue weighted by atomic mass is 9.99. The van der Waals surface area contributed by atoms with Gasteiger partial charge in [0.1, 0.15) is 35.8 Å². The summed E-state index contributed by atoms with van der Waals surface area (Å²) in [5, 5.41) is 9.45. The second kappa shape index (κ2) is 9.77. The minimum absolute atomic E-state index is 0.0485. The number of hydrogen-bond donors (Lipinski definition) is 0. The quantitative estimate of drug-likeness (QED) is 0.666. The van der Waals surface area contributed by atoms with Crippen molar-refractivity contribution < 1.29 is 23.7 Å². The van der Waals surface area contributed by atoms with Crippen molar-refractivity contribution in [2.75, 3.05) is 51.5 Å². The van der Waals surface area contributed by atoms with E-state index in [2.05, 4.69) is 16.0 Å². The Balaban J connectivity index is 1.30. The van der Waals surface area contributed by atoms with Crippen LogP contribution in [0.4, 0.5) is 11.4 Å². The topological polar surface area (TPSA) is 97.2 Å². The van der Waals surface area contributed by atoms with Gasteiger partial charge >= 0.3 is 0 Å². The number of anilines is 2. The van der Waals surface area contributed by atoms with Gasteiger partial charge in [0.25, 0.3) is 0 Å². The number of ether oxygens (including phenoxy) is 4. The molecule has 0 aliphatic carbocycles. The van der Waals surface area contributed by atoms with Crippen molar-refractivity contribution in [3.63, 3.8) is 0 Å². The zero-order chi connectivity index (χ0) is 23.5. The van der Waals surface area contributed by atoms with Crippen LogP contribution in [0, 0.1) is 17.2 Å². The molecule has 0 N–H and O–H groups in total. The number of amides is 1. The van der Waals surface area contributed by atoms with Gasteiger partial charge in [-0.1, -0.05) is 0 Å². The van der Waals surface area contributed by atoms with Crippen LogP contribution in [-0.2, 0) is 9.53 Å². The van der Waals surface area contributed by atoms with E-state index in [4.69, 9.17) is 18.9 Å². The highest BCUT2D eigenvalue weighted by Gasteiger charge is 2.33. The number of fused-ring (bicyclic) bond motifs is 1. The Morgan fingerprint density at radius 3 is 2.82 bits per heavy atom. The Morgan fingerprint density at radius 1 is 1.18 bits per heavy atom. The van der Waals surface area contributed by atoms with Crippen LogP contribution >= 0.6 is 0 Å². The van der Waals surface area contributed by atoms with Crippen LogP contribution in [-0.4, -0.2) is 68.5 Å². The van der Waals surface area contributed by atoms with E-state index in [1.54, 1.807) is 12.3 Å². The molecule has 1 aromatic carbocycles. The number of nitrogens with zero attached hydrogens (tertiary/aromatic N) is 4. The molecule has 1 amide bonds. The number of carbonyl (C=O) groups excluding carboxylic acids is 1. The van der Waals surface area contributed by atoms with Gasteiger partial charge in [0, 0.05) is 38.2 Å². The van der Waals surface area contributed by atoms with E-state index in [0.29, 0.717) is 44.4 Å². The first kappa shape index (κ1) is 22.3. The zero-order valence-electron chi connectivity index (χ0n) is 19.2. The highest BCUT2D eigenvalue weighted by atomic mass is 16.5. The van der Waals surface area contributed by atoms with Gasteiger partial charge in [0.15, 0.2) is 0 Å². The molecule has 1 unspecified atom stereocenters. The fraction of sp³-hybridized carbons (Fsp3) is 0.480. The van der Waals surface area contributed by atoms with Crippen LogP contribution in [0.15, 0.2) is 30.5 Å². The number of likely N-dealkylation sites (tertiary alicyclic amines) is 1. The van der Waals surface area contributed by atoms with E-state index >= 15 is 0 Å². The summed E-state index contributed by atoms with van der Waals surface area (Å²) in [6, 6.07) is 9.66. The monoisotopic (exact) mass is 464 g/mol. The van der Waals surface area contributed by atoms with Crippen molar-refractivity contribution in [3.8, 4) is 23.4 Å². The third-order valence-corrected chi connectivity index (χ3v) is 6.59. The molecule has 34 heavy (non-hydrogen) atoms. The standard InChI is InChI=1S/C25H28N4O5/c1-31-24-18(14-26)12-19(15-27-24)29-8-11-33-23-3-2-20(13-22(23)29)34-21-4-7-28(16-21)25(30)17-5-9-32-10-6-17/h2-3,12-13,15,17,21H,4-11,16H2,1H3. The van der Waals surface area contributed by atoms with Crippen molar-refractivity contribution in [2.45, 2.75) is 25.4 Å². The smallest absolute Gasteiger partial charge is 0.231 e. The van der Waals surface area contributed by atoms with Gasteiger partial charge in [-0.15, -0.1) is 0 Å². The molecule has 9 nitrogen and oxygen atoms in total. The van der Waals surface area contributed by atoms with E-state index in [1.165, 1.54) is 7.11 Å². The fourth-order valence-corrected chi connectivity index (χ4v) is 4.79. The van der Waals surface area contributed by atoms with Gasteiger partial charge in [-0.2, -0.15) is 5.26 Å². The van der Waals surface area contributed by atoms with Crippen LogP contribution in [0.2, 0.25) is 0 Å². The number of methoxy groups -OCH3 is 1. The van der Waals surface area contributed by atoms with Crippen molar-refractivity contribution in [3.05, 3.63) is 36.0 Å². The summed E-state index contributed by atoms with van der Waals surface area (Å²) in [5.74, 6) is 2.06.